The maximum absolute atomic E-state index is 8.90. The second kappa shape index (κ2) is 4.42. The molecule has 0 bridgehead atoms. The highest BCUT2D eigenvalue weighted by Crippen LogP contribution is 2.48. The Morgan fingerprint density at radius 2 is 2.29 bits per heavy atom. The maximum atomic E-state index is 8.90. The minimum Gasteiger partial charge on any atom is -0.395 e. The van der Waals surface area contributed by atoms with Crippen molar-refractivity contribution in [3.05, 3.63) is 0 Å². The van der Waals surface area contributed by atoms with Crippen molar-refractivity contribution in [3.63, 3.8) is 0 Å². The Balaban J connectivity index is 1.87. The Morgan fingerprint density at radius 3 is 2.93 bits per heavy atom. The van der Waals surface area contributed by atoms with Crippen molar-refractivity contribution in [2.24, 2.45) is 11.3 Å². The van der Waals surface area contributed by atoms with Gasteiger partial charge in [0.25, 0.3) is 0 Å². The summed E-state index contributed by atoms with van der Waals surface area (Å²) in [5.74, 6) is 1.91. The first kappa shape index (κ1) is 10.8. The molecule has 1 saturated carbocycles. The van der Waals surface area contributed by atoms with Crippen LogP contribution in [0.5, 0.6) is 0 Å². The largest absolute Gasteiger partial charge is 0.395 e. The van der Waals surface area contributed by atoms with E-state index >= 15 is 0 Å². The van der Waals surface area contributed by atoms with Gasteiger partial charge in [0.05, 0.1) is 6.61 Å². The van der Waals surface area contributed by atoms with Crippen LogP contribution < -0.4 is 0 Å². The topological polar surface area (TPSA) is 23.5 Å². The zero-order valence-electron chi connectivity index (χ0n) is 8.78. The number of rotatable bonds is 3. The number of hydrogen-bond acceptors (Lipinski definition) is 3. The van der Waals surface area contributed by atoms with E-state index in [9.17, 15) is 0 Å². The zero-order chi connectivity index (χ0) is 10.0. The summed E-state index contributed by atoms with van der Waals surface area (Å²) in [4.78, 5) is 2.42. The maximum Gasteiger partial charge on any atom is 0.0558 e. The van der Waals surface area contributed by atoms with Crippen molar-refractivity contribution in [2.75, 3.05) is 32.0 Å². The van der Waals surface area contributed by atoms with E-state index in [0.29, 0.717) is 12.0 Å². The average Bonchev–Trinajstić information content (AvgIpc) is 2.76. The Labute approximate surface area is 92.1 Å². The van der Waals surface area contributed by atoms with Gasteiger partial charge in [0.15, 0.2) is 0 Å². The monoisotopic (exact) mass is 215 g/mol. The molecule has 0 unspecified atom stereocenters. The quantitative estimate of drug-likeness (QED) is 0.695. The van der Waals surface area contributed by atoms with Crippen LogP contribution in [0.3, 0.4) is 0 Å². The number of β-amino-alcohol motifs (C(OH)–C–C–N with tert-alkyl or cyclic N) is 1. The lowest BCUT2D eigenvalue weighted by molar-refractivity contribution is 0.199. The van der Waals surface area contributed by atoms with Crippen LogP contribution in [-0.4, -0.2) is 42.0 Å². The number of thiol groups is 1. The van der Waals surface area contributed by atoms with Gasteiger partial charge >= 0.3 is 0 Å². The molecule has 2 fully saturated rings. The summed E-state index contributed by atoms with van der Waals surface area (Å²) < 4.78 is 0. The Bertz CT molecular complexity index is 200. The molecule has 1 heterocycles. The van der Waals surface area contributed by atoms with Gasteiger partial charge in [0, 0.05) is 13.1 Å². The molecule has 0 amide bonds. The summed E-state index contributed by atoms with van der Waals surface area (Å²) in [5.41, 5.74) is 0.600. The second-order valence-corrected chi connectivity index (χ2v) is 5.41. The number of nitrogens with zero attached hydrogens (tertiary/aromatic N) is 1. The summed E-state index contributed by atoms with van der Waals surface area (Å²) >= 11 is 4.40. The van der Waals surface area contributed by atoms with E-state index in [4.69, 9.17) is 5.11 Å². The van der Waals surface area contributed by atoms with Gasteiger partial charge in [-0.1, -0.05) is 0 Å². The third-order valence-corrected chi connectivity index (χ3v) is 4.51. The molecule has 1 N–H and O–H groups in total. The first-order chi connectivity index (χ1) is 6.78. The van der Waals surface area contributed by atoms with Crippen LogP contribution in [-0.2, 0) is 0 Å². The molecular weight excluding hydrogens is 194 g/mol. The SMILES string of the molecule is OCCN1CC[C@]2(CC[C@H](CS)C2)C1. The second-order valence-electron chi connectivity index (χ2n) is 5.04. The van der Waals surface area contributed by atoms with Gasteiger partial charge in [0.1, 0.15) is 0 Å². The lowest BCUT2D eigenvalue weighted by atomic mass is 9.85. The van der Waals surface area contributed by atoms with E-state index in [1.807, 2.05) is 0 Å². The number of aliphatic hydroxyl groups excluding tert-OH is 1. The molecule has 3 heteroatoms. The van der Waals surface area contributed by atoms with Gasteiger partial charge in [0.2, 0.25) is 0 Å². The zero-order valence-corrected chi connectivity index (χ0v) is 9.68. The number of hydrogen-bond donors (Lipinski definition) is 2. The molecular formula is C11H21NOS. The van der Waals surface area contributed by atoms with E-state index in [1.54, 1.807) is 0 Å². The molecule has 2 nitrogen and oxygen atoms in total. The Kier molecular flexibility index (Phi) is 3.40. The Morgan fingerprint density at radius 1 is 1.43 bits per heavy atom. The van der Waals surface area contributed by atoms with Crippen molar-refractivity contribution >= 4 is 12.6 Å². The van der Waals surface area contributed by atoms with E-state index in [0.717, 1.165) is 18.2 Å². The fourth-order valence-corrected chi connectivity index (χ4v) is 3.53. The first-order valence-corrected chi connectivity index (χ1v) is 6.35. The molecule has 14 heavy (non-hydrogen) atoms. The summed E-state index contributed by atoms with van der Waals surface area (Å²) in [6, 6.07) is 0. The fourth-order valence-electron chi connectivity index (χ4n) is 3.21. The molecule has 0 radical (unpaired) electrons. The molecule has 1 spiro atoms. The van der Waals surface area contributed by atoms with Crippen LogP contribution in [0, 0.1) is 11.3 Å². The van der Waals surface area contributed by atoms with Gasteiger partial charge in [-0.15, -0.1) is 0 Å². The molecule has 0 aromatic carbocycles. The molecule has 1 saturated heterocycles. The third-order valence-electron chi connectivity index (χ3n) is 4.00. The lowest BCUT2D eigenvalue weighted by Gasteiger charge is -2.23. The number of likely N-dealkylation sites (tertiary alicyclic amines) is 1. The van der Waals surface area contributed by atoms with Crippen LogP contribution in [0.4, 0.5) is 0 Å². The standard InChI is InChI=1S/C11H21NOS/c13-6-5-12-4-3-11(9-12)2-1-10(7-11)8-14/h10,13-14H,1-9H2/t10-,11-/m0/s1. The van der Waals surface area contributed by atoms with Gasteiger partial charge < -0.3 is 10.0 Å². The minimum absolute atomic E-state index is 0.312. The summed E-state index contributed by atoms with van der Waals surface area (Å²) in [6.07, 6.45) is 5.48. The third kappa shape index (κ3) is 2.10. The van der Waals surface area contributed by atoms with Crippen LogP contribution in [0.1, 0.15) is 25.7 Å². The number of aliphatic hydroxyl groups is 1. The molecule has 2 rings (SSSR count). The first-order valence-electron chi connectivity index (χ1n) is 5.72. The summed E-state index contributed by atoms with van der Waals surface area (Å²) in [7, 11) is 0. The van der Waals surface area contributed by atoms with Crippen molar-refractivity contribution in [1.82, 2.24) is 4.90 Å². The lowest BCUT2D eigenvalue weighted by Crippen LogP contribution is -2.27. The fraction of sp³-hybridized carbons (Fsp3) is 1.00. The van der Waals surface area contributed by atoms with Crippen LogP contribution >= 0.6 is 12.6 Å². The molecule has 1 aliphatic heterocycles. The molecule has 2 aliphatic rings. The summed E-state index contributed by atoms with van der Waals surface area (Å²) in [6.45, 7) is 3.59. The molecule has 82 valence electrons. The molecule has 2 atom stereocenters. The predicted molar refractivity (Wildman–Crippen MR) is 61.8 cm³/mol. The molecule has 0 aromatic rings. The van der Waals surface area contributed by atoms with Crippen molar-refractivity contribution in [1.29, 1.82) is 0 Å². The van der Waals surface area contributed by atoms with Gasteiger partial charge in [-0.05, 0) is 49.3 Å². The highest BCUT2D eigenvalue weighted by molar-refractivity contribution is 7.80. The van der Waals surface area contributed by atoms with Gasteiger partial charge in [-0.25, -0.2) is 0 Å². The highest BCUT2D eigenvalue weighted by Gasteiger charge is 2.43. The normalized spacial score (nSPS) is 38.6. The van der Waals surface area contributed by atoms with E-state index in [1.165, 1.54) is 38.8 Å². The van der Waals surface area contributed by atoms with Crippen molar-refractivity contribution in [2.45, 2.75) is 25.7 Å². The van der Waals surface area contributed by atoms with Crippen LogP contribution in [0.25, 0.3) is 0 Å². The highest BCUT2D eigenvalue weighted by atomic mass is 32.1. The van der Waals surface area contributed by atoms with E-state index < -0.39 is 0 Å². The molecule has 1 aliphatic carbocycles. The molecule has 0 aromatic heterocycles. The Hall–Kier alpha value is 0.270. The predicted octanol–water partition coefficient (Wildman–Crippen LogP) is 1.40. The minimum atomic E-state index is 0.312. The van der Waals surface area contributed by atoms with Gasteiger partial charge in [-0.2, -0.15) is 12.6 Å². The van der Waals surface area contributed by atoms with Crippen molar-refractivity contribution < 1.29 is 5.11 Å². The van der Waals surface area contributed by atoms with E-state index in [-0.39, 0.29) is 0 Å². The average molecular weight is 215 g/mol. The van der Waals surface area contributed by atoms with E-state index in [2.05, 4.69) is 17.5 Å². The van der Waals surface area contributed by atoms with Gasteiger partial charge in [-0.3, -0.25) is 0 Å². The van der Waals surface area contributed by atoms with Crippen molar-refractivity contribution in [3.8, 4) is 0 Å². The van der Waals surface area contributed by atoms with Crippen LogP contribution in [0.2, 0.25) is 0 Å². The van der Waals surface area contributed by atoms with Crippen LogP contribution in [0.15, 0.2) is 0 Å². The smallest absolute Gasteiger partial charge is 0.0558 e. The summed E-state index contributed by atoms with van der Waals surface area (Å²) in [5, 5.41) is 8.90.